The fraction of sp³-hybridized carbons (Fsp3) is 0.500. The van der Waals surface area contributed by atoms with Gasteiger partial charge in [0.1, 0.15) is 0 Å². The maximum Gasteiger partial charge on any atom is 0.271 e. The molecular weight excluding hydrogens is 196 g/mol. The lowest BCUT2D eigenvalue weighted by Crippen LogP contribution is -2.17. The summed E-state index contributed by atoms with van der Waals surface area (Å²) in [6.45, 7) is 0. The minimum absolute atomic E-state index is 0.155. The fourth-order valence-corrected chi connectivity index (χ4v) is 2.89. The number of nitrogen functional groups attached to an aromatic ring is 1. The van der Waals surface area contributed by atoms with Crippen LogP contribution in [0, 0.1) is 0 Å². The molecule has 0 saturated carbocycles. The number of nitrogens with two attached hydrogens (primary N) is 1. The highest BCUT2D eigenvalue weighted by Crippen LogP contribution is 2.29. The molecule has 0 aliphatic carbocycles. The van der Waals surface area contributed by atoms with Crippen molar-refractivity contribution in [2.75, 3.05) is 17.2 Å². The molecule has 1 fully saturated rings. The van der Waals surface area contributed by atoms with Gasteiger partial charge in [-0.2, -0.15) is 11.8 Å². The van der Waals surface area contributed by atoms with Gasteiger partial charge in [-0.05, 0) is 30.7 Å². The molecule has 76 valence electrons. The number of aromatic nitrogens is 1. The quantitative estimate of drug-likeness (QED) is 0.739. The van der Waals surface area contributed by atoms with Crippen molar-refractivity contribution < 1.29 is 0 Å². The highest BCUT2D eigenvalue weighted by Gasteiger charge is 2.16. The van der Waals surface area contributed by atoms with Gasteiger partial charge in [0, 0.05) is 17.4 Å². The van der Waals surface area contributed by atoms with Crippen LogP contribution in [-0.4, -0.2) is 16.5 Å². The fourth-order valence-electron chi connectivity index (χ4n) is 1.72. The molecule has 1 aliphatic rings. The van der Waals surface area contributed by atoms with Gasteiger partial charge in [-0.25, -0.2) is 0 Å². The summed E-state index contributed by atoms with van der Waals surface area (Å²) in [6.07, 6.45) is 2.41. The number of pyridine rings is 1. The summed E-state index contributed by atoms with van der Waals surface area (Å²) >= 11 is 1.95. The summed E-state index contributed by atoms with van der Waals surface area (Å²) in [5.74, 6) is 2.86. The van der Waals surface area contributed by atoms with Gasteiger partial charge in [0.2, 0.25) is 0 Å². The van der Waals surface area contributed by atoms with E-state index in [0.717, 1.165) is 11.4 Å². The smallest absolute Gasteiger partial charge is 0.271 e. The van der Waals surface area contributed by atoms with E-state index in [9.17, 15) is 4.79 Å². The Morgan fingerprint density at radius 1 is 1.50 bits per heavy atom. The first-order chi connectivity index (χ1) is 6.77. The first-order valence-corrected chi connectivity index (χ1v) is 5.99. The second kappa shape index (κ2) is 4.09. The summed E-state index contributed by atoms with van der Waals surface area (Å²) in [6, 6.07) is 3.64. The van der Waals surface area contributed by atoms with Gasteiger partial charge in [0.25, 0.3) is 5.56 Å². The summed E-state index contributed by atoms with van der Waals surface area (Å²) in [5.41, 5.74) is 6.66. The van der Waals surface area contributed by atoms with Crippen LogP contribution in [0.25, 0.3) is 0 Å². The van der Waals surface area contributed by atoms with Gasteiger partial charge in [0.15, 0.2) is 0 Å². The molecule has 0 spiro atoms. The molecule has 14 heavy (non-hydrogen) atoms. The third kappa shape index (κ3) is 1.95. The molecule has 3 N–H and O–H groups in total. The van der Waals surface area contributed by atoms with Gasteiger partial charge >= 0.3 is 0 Å². The van der Waals surface area contributed by atoms with E-state index in [0.29, 0.717) is 11.6 Å². The summed E-state index contributed by atoms with van der Waals surface area (Å²) < 4.78 is 0. The number of thioether (sulfide) groups is 1. The van der Waals surface area contributed by atoms with Gasteiger partial charge in [-0.15, -0.1) is 0 Å². The van der Waals surface area contributed by atoms with Crippen molar-refractivity contribution in [1.29, 1.82) is 0 Å². The first kappa shape index (κ1) is 9.65. The first-order valence-electron chi connectivity index (χ1n) is 4.84. The van der Waals surface area contributed by atoms with Crippen LogP contribution in [0.15, 0.2) is 16.9 Å². The topological polar surface area (TPSA) is 58.9 Å². The van der Waals surface area contributed by atoms with Crippen LogP contribution >= 0.6 is 11.8 Å². The normalized spacial score (nSPS) is 22.1. The molecular formula is C10H14N2OS. The maximum atomic E-state index is 11.3. The molecule has 1 unspecified atom stereocenters. The largest absolute Gasteiger partial charge is 0.394 e. The maximum absolute atomic E-state index is 11.3. The number of anilines is 1. The number of rotatable bonds is 1. The van der Waals surface area contributed by atoms with Crippen LogP contribution in [0.5, 0.6) is 0 Å². The van der Waals surface area contributed by atoms with Gasteiger partial charge in [0.05, 0.1) is 5.69 Å². The molecule has 1 atom stereocenters. The third-order valence-corrected chi connectivity index (χ3v) is 3.78. The Hall–Kier alpha value is -0.900. The number of nitrogens with one attached hydrogen (secondary N) is 1. The summed E-state index contributed by atoms with van der Waals surface area (Å²) in [7, 11) is 0. The lowest BCUT2D eigenvalue weighted by Gasteiger charge is -2.21. The van der Waals surface area contributed by atoms with Crippen LogP contribution in [0.4, 0.5) is 5.69 Å². The number of H-pyrrole nitrogens is 1. The Balaban J connectivity index is 2.23. The van der Waals surface area contributed by atoms with Crippen LogP contribution in [0.1, 0.15) is 24.5 Å². The van der Waals surface area contributed by atoms with Crippen LogP contribution in [0.2, 0.25) is 0 Å². The summed E-state index contributed by atoms with van der Waals surface area (Å²) in [4.78, 5) is 14.1. The second-order valence-electron chi connectivity index (χ2n) is 3.61. The van der Waals surface area contributed by atoms with Crippen LogP contribution < -0.4 is 11.3 Å². The molecule has 2 heterocycles. The van der Waals surface area contributed by atoms with Crippen molar-refractivity contribution in [3.05, 3.63) is 28.2 Å². The Labute approximate surface area is 87.1 Å². The minimum atomic E-state index is -0.155. The van der Waals surface area contributed by atoms with Crippen LogP contribution in [-0.2, 0) is 0 Å². The molecule has 0 bridgehead atoms. The van der Waals surface area contributed by atoms with E-state index in [1.807, 2.05) is 17.8 Å². The molecule has 1 aliphatic heterocycles. The van der Waals surface area contributed by atoms with Crippen LogP contribution in [0.3, 0.4) is 0 Å². The van der Waals surface area contributed by atoms with E-state index in [2.05, 4.69) is 4.98 Å². The molecule has 0 radical (unpaired) electrons. The highest BCUT2D eigenvalue weighted by molar-refractivity contribution is 7.99. The predicted octanol–water partition coefficient (Wildman–Crippen LogP) is 1.57. The van der Waals surface area contributed by atoms with Crippen molar-refractivity contribution in [1.82, 2.24) is 4.98 Å². The minimum Gasteiger partial charge on any atom is -0.394 e. The van der Waals surface area contributed by atoms with E-state index < -0.39 is 0 Å². The number of hydrogen-bond acceptors (Lipinski definition) is 3. The molecule has 1 aromatic heterocycles. The van der Waals surface area contributed by atoms with E-state index in [1.165, 1.54) is 18.6 Å². The van der Waals surface area contributed by atoms with E-state index >= 15 is 0 Å². The van der Waals surface area contributed by atoms with Gasteiger partial charge in [-0.1, -0.05) is 0 Å². The van der Waals surface area contributed by atoms with Crippen molar-refractivity contribution >= 4 is 17.4 Å². The zero-order valence-electron chi connectivity index (χ0n) is 7.95. The lowest BCUT2D eigenvalue weighted by molar-refractivity contribution is 0.641. The average molecular weight is 210 g/mol. The molecule has 0 amide bonds. The highest BCUT2D eigenvalue weighted by atomic mass is 32.2. The van der Waals surface area contributed by atoms with E-state index in [1.54, 1.807) is 6.07 Å². The molecule has 1 saturated heterocycles. The molecule has 0 aromatic carbocycles. The Morgan fingerprint density at radius 3 is 3.00 bits per heavy atom. The molecule has 3 nitrogen and oxygen atoms in total. The number of hydrogen-bond donors (Lipinski definition) is 2. The van der Waals surface area contributed by atoms with Crippen molar-refractivity contribution in [3.63, 3.8) is 0 Å². The SMILES string of the molecule is Nc1ccc(C2CCCSC2)[nH]c1=O. The monoisotopic (exact) mass is 210 g/mol. The second-order valence-corrected chi connectivity index (χ2v) is 4.76. The van der Waals surface area contributed by atoms with Gasteiger partial charge < -0.3 is 10.7 Å². The Morgan fingerprint density at radius 2 is 2.36 bits per heavy atom. The van der Waals surface area contributed by atoms with Gasteiger partial charge in [-0.3, -0.25) is 4.79 Å². The third-order valence-electron chi connectivity index (χ3n) is 2.56. The molecule has 4 heteroatoms. The Kier molecular flexibility index (Phi) is 2.82. The van der Waals surface area contributed by atoms with Crippen molar-refractivity contribution in [2.45, 2.75) is 18.8 Å². The van der Waals surface area contributed by atoms with Crippen molar-refractivity contribution in [2.24, 2.45) is 0 Å². The number of aromatic amines is 1. The molecule has 1 aromatic rings. The zero-order valence-corrected chi connectivity index (χ0v) is 8.77. The van der Waals surface area contributed by atoms with E-state index in [-0.39, 0.29) is 5.56 Å². The standard InChI is InChI=1S/C10H14N2OS/c11-8-3-4-9(12-10(8)13)7-2-1-5-14-6-7/h3-4,7H,1-2,5-6,11H2,(H,12,13). The van der Waals surface area contributed by atoms with E-state index in [4.69, 9.17) is 5.73 Å². The lowest BCUT2D eigenvalue weighted by atomic mass is 10.0. The zero-order chi connectivity index (χ0) is 9.97. The average Bonchev–Trinajstić information content (AvgIpc) is 2.23. The Bertz CT molecular complexity index is 369. The predicted molar refractivity (Wildman–Crippen MR) is 60.8 cm³/mol. The van der Waals surface area contributed by atoms with Crippen molar-refractivity contribution in [3.8, 4) is 0 Å². The molecule has 2 rings (SSSR count). The summed E-state index contributed by atoms with van der Waals surface area (Å²) in [5, 5.41) is 0.